The Morgan fingerprint density at radius 1 is 1.26 bits per heavy atom. The predicted molar refractivity (Wildman–Crippen MR) is 133 cm³/mol. The van der Waals surface area contributed by atoms with Crippen molar-refractivity contribution in [2.75, 3.05) is 25.1 Å². The van der Waals surface area contributed by atoms with Crippen LogP contribution in [-0.2, 0) is 6.54 Å². The molecule has 1 aliphatic heterocycles. The minimum Gasteiger partial charge on any atom is -0.429 e. The Kier molecular flexibility index (Phi) is 7.07. The molecule has 0 radical (unpaired) electrons. The number of carbonyl (C=O) groups is 1. The molecule has 12 heteroatoms. The van der Waals surface area contributed by atoms with Crippen molar-refractivity contribution in [1.29, 1.82) is 0 Å². The number of fused-ring (bicyclic) bond motifs is 1. The molecule has 8 nitrogen and oxygen atoms in total. The third kappa shape index (κ3) is 5.15. The van der Waals surface area contributed by atoms with E-state index in [1.807, 2.05) is 0 Å². The van der Waals surface area contributed by atoms with Crippen molar-refractivity contribution in [2.24, 2.45) is 0 Å². The number of imidazole rings is 1. The van der Waals surface area contributed by atoms with E-state index < -0.39 is 5.85 Å². The number of benzene rings is 1. The largest absolute Gasteiger partial charge is 0.429 e. The van der Waals surface area contributed by atoms with E-state index in [2.05, 4.69) is 16.5 Å². The molecule has 0 saturated carbocycles. The molecule has 0 saturated heterocycles. The number of para-hydroxylation sites is 1. The first-order chi connectivity index (χ1) is 16.6. The number of aliphatic hydroxyl groups is 1. The summed E-state index contributed by atoms with van der Waals surface area (Å²) in [5, 5.41) is 9.75. The van der Waals surface area contributed by atoms with Gasteiger partial charge in [0.05, 0.1) is 28.5 Å². The lowest BCUT2D eigenvalue weighted by atomic mass is 10.1. The van der Waals surface area contributed by atoms with Crippen molar-refractivity contribution in [3.05, 3.63) is 65.6 Å². The maximum Gasteiger partial charge on any atom is 0.408 e. The number of ether oxygens (including phenoxy) is 1. The van der Waals surface area contributed by atoms with Gasteiger partial charge in [-0.2, -0.15) is 8.78 Å². The van der Waals surface area contributed by atoms with Crippen LogP contribution in [-0.4, -0.2) is 56.6 Å². The fraction of sp³-hybridized carbons (Fsp3) is 0.261. The molecule has 184 valence electrons. The molecule has 1 aliphatic rings. The Morgan fingerprint density at radius 3 is 2.66 bits per heavy atom. The zero-order valence-corrected chi connectivity index (χ0v) is 20.7. The van der Waals surface area contributed by atoms with Crippen molar-refractivity contribution in [1.82, 2.24) is 19.4 Å². The second-order valence-electron chi connectivity index (χ2n) is 7.84. The molecule has 1 N–H and O–H groups in total. The predicted octanol–water partition coefficient (Wildman–Crippen LogP) is 4.68. The van der Waals surface area contributed by atoms with E-state index in [0.29, 0.717) is 45.7 Å². The van der Waals surface area contributed by atoms with Crippen molar-refractivity contribution in [2.45, 2.75) is 18.8 Å². The first kappa shape index (κ1) is 25.0. The van der Waals surface area contributed by atoms with Gasteiger partial charge in [0.1, 0.15) is 17.3 Å². The number of aromatic nitrogens is 3. The van der Waals surface area contributed by atoms with Crippen LogP contribution in [0.4, 0.5) is 19.4 Å². The molecular weight excluding hydrogens is 499 g/mol. The first-order valence-corrected chi connectivity index (χ1v) is 11.6. The van der Waals surface area contributed by atoms with E-state index in [-0.39, 0.29) is 31.5 Å². The van der Waals surface area contributed by atoms with Gasteiger partial charge in [0, 0.05) is 26.4 Å². The van der Waals surface area contributed by atoms with Crippen LogP contribution < -0.4 is 9.64 Å². The number of alkyl halides is 2. The molecule has 0 spiro atoms. The van der Waals surface area contributed by atoms with Gasteiger partial charge < -0.3 is 14.4 Å². The van der Waals surface area contributed by atoms with Crippen molar-refractivity contribution < 1.29 is 23.4 Å². The van der Waals surface area contributed by atoms with Gasteiger partial charge in [0.15, 0.2) is 5.82 Å². The molecule has 3 heterocycles. The van der Waals surface area contributed by atoms with Crippen LogP contribution in [0.3, 0.4) is 0 Å². The van der Waals surface area contributed by atoms with Crippen LogP contribution in [0, 0.1) is 0 Å². The number of hydrogen-bond acceptors (Lipinski definition) is 5. The van der Waals surface area contributed by atoms with Gasteiger partial charge in [-0.1, -0.05) is 30.3 Å². The molecule has 3 aromatic rings. The molecule has 1 aromatic carbocycles. The molecule has 2 amide bonds. The van der Waals surface area contributed by atoms with Crippen LogP contribution in [0.15, 0.2) is 49.2 Å². The zero-order valence-electron chi connectivity index (χ0n) is 18.8. The quantitative estimate of drug-likeness (QED) is 0.435. The van der Waals surface area contributed by atoms with Crippen LogP contribution in [0.5, 0.6) is 5.75 Å². The standard InChI is InChI=1S/C23H23ClF2N5O3P/c1-14-19-21(29(2)22(33)30(14)10-5-11-32)28-20(31(19)13-16-9-8-15(24)12-27-16)17-6-3-4-7-18(17)34-23(25,26)35/h3-4,6-9,12,32H,1,5,10-11,13,35H2,2H3. The Labute approximate surface area is 208 Å². The molecule has 0 bridgehead atoms. The summed E-state index contributed by atoms with van der Waals surface area (Å²) >= 11 is 5.99. The van der Waals surface area contributed by atoms with E-state index in [4.69, 9.17) is 16.3 Å². The number of amides is 2. The highest BCUT2D eigenvalue weighted by Gasteiger charge is 2.37. The van der Waals surface area contributed by atoms with E-state index in [9.17, 15) is 18.7 Å². The van der Waals surface area contributed by atoms with Gasteiger partial charge in [-0.15, -0.1) is 0 Å². The Morgan fingerprint density at radius 2 is 2.00 bits per heavy atom. The third-order valence-electron chi connectivity index (χ3n) is 5.41. The lowest BCUT2D eigenvalue weighted by Crippen LogP contribution is -2.45. The number of nitrogens with zero attached hydrogens (tertiary/aromatic N) is 5. The van der Waals surface area contributed by atoms with Crippen molar-refractivity contribution in [3.63, 3.8) is 0 Å². The maximum atomic E-state index is 13.8. The summed E-state index contributed by atoms with van der Waals surface area (Å²) in [4.78, 5) is 24.9. The average molecular weight is 522 g/mol. The van der Waals surface area contributed by atoms with Gasteiger partial charge in [-0.3, -0.25) is 14.8 Å². The maximum absolute atomic E-state index is 13.8. The highest BCUT2D eigenvalue weighted by atomic mass is 35.5. The van der Waals surface area contributed by atoms with E-state index >= 15 is 0 Å². The third-order valence-corrected chi connectivity index (χ3v) is 5.75. The molecule has 4 rings (SSSR count). The second-order valence-corrected chi connectivity index (χ2v) is 8.95. The minimum absolute atomic E-state index is 0.0862. The lowest BCUT2D eigenvalue weighted by molar-refractivity contribution is -0.0888. The summed E-state index contributed by atoms with van der Waals surface area (Å²) in [6.45, 7) is 4.46. The van der Waals surface area contributed by atoms with E-state index in [0.717, 1.165) is 0 Å². The number of halogens is 3. The van der Waals surface area contributed by atoms with Crippen LogP contribution in [0.2, 0.25) is 5.02 Å². The monoisotopic (exact) mass is 521 g/mol. The average Bonchev–Trinajstić information content (AvgIpc) is 3.17. The summed E-state index contributed by atoms with van der Waals surface area (Å²) in [7, 11) is 2.92. The summed E-state index contributed by atoms with van der Waals surface area (Å²) < 4.78 is 34.2. The number of pyridine rings is 1. The Hall–Kier alpha value is -3.07. The van der Waals surface area contributed by atoms with Crippen molar-refractivity contribution >= 4 is 38.4 Å². The number of carbonyl (C=O) groups excluding carboxylic acids is 1. The smallest absolute Gasteiger partial charge is 0.408 e. The number of hydrogen-bond donors (Lipinski definition) is 1. The molecular formula is C23H23ClF2N5O3P. The van der Waals surface area contributed by atoms with Gasteiger partial charge in [0.2, 0.25) is 0 Å². The molecule has 1 unspecified atom stereocenters. The Balaban J connectivity index is 1.91. The number of urea groups is 1. The summed E-state index contributed by atoms with van der Waals surface area (Å²) in [5.41, 5.74) is 1.82. The Bertz CT molecular complexity index is 1260. The van der Waals surface area contributed by atoms with Crippen LogP contribution >= 0.6 is 20.8 Å². The molecule has 0 fully saturated rings. The van der Waals surface area contributed by atoms with Gasteiger partial charge >= 0.3 is 11.9 Å². The SMILES string of the molecule is C=C1c2c(nc(-c3ccccc3OC(F)(F)P)n2Cc2ccc(Cl)cn2)N(C)C(=O)N1CCCO. The summed E-state index contributed by atoms with van der Waals surface area (Å²) in [6.07, 6.45) is 1.86. The number of anilines is 1. The van der Waals surface area contributed by atoms with E-state index in [1.165, 1.54) is 31.3 Å². The number of aliphatic hydroxyl groups excluding tert-OH is 1. The van der Waals surface area contributed by atoms with Gasteiger partial charge in [-0.05, 0) is 39.9 Å². The topological polar surface area (TPSA) is 83.7 Å². The van der Waals surface area contributed by atoms with Crippen molar-refractivity contribution in [3.8, 4) is 17.1 Å². The fourth-order valence-electron chi connectivity index (χ4n) is 3.84. The fourth-order valence-corrected chi connectivity index (χ4v) is 4.08. The van der Waals surface area contributed by atoms with Crippen LogP contribution in [0.1, 0.15) is 17.8 Å². The second kappa shape index (κ2) is 9.89. The highest BCUT2D eigenvalue weighted by molar-refractivity contribution is 7.17. The molecule has 0 aliphatic carbocycles. The first-order valence-electron chi connectivity index (χ1n) is 10.6. The van der Waals surface area contributed by atoms with Gasteiger partial charge in [-0.25, -0.2) is 9.78 Å². The number of rotatable bonds is 8. The molecule has 35 heavy (non-hydrogen) atoms. The molecule has 1 atom stereocenters. The highest BCUT2D eigenvalue weighted by Crippen LogP contribution is 2.41. The van der Waals surface area contributed by atoms with Gasteiger partial charge in [0.25, 0.3) is 0 Å². The normalized spacial score (nSPS) is 13.9. The summed E-state index contributed by atoms with van der Waals surface area (Å²) in [5.74, 6) is -2.97. The minimum atomic E-state index is -3.50. The lowest BCUT2D eigenvalue weighted by Gasteiger charge is -2.34. The van der Waals surface area contributed by atoms with Crippen LogP contribution in [0.25, 0.3) is 17.1 Å². The summed E-state index contributed by atoms with van der Waals surface area (Å²) in [6, 6.07) is 9.35. The van der Waals surface area contributed by atoms with E-state index in [1.54, 1.807) is 41.9 Å². The zero-order chi connectivity index (χ0) is 25.3. The molecule has 2 aromatic heterocycles.